The molecule has 0 N–H and O–H groups in total. The van der Waals surface area contributed by atoms with Gasteiger partial charge in [0.05, 0.1) is 11.3 Å². The first kappa shape index (κ1) is 20.9. The molecule has 0 saturated carbocycles. The number of anilines is 2. The van der Waals surface area contributed by atoms with Crippen LogP contribution in [0.5, 0.6) is 0 Å². The maximum atomic E-state index is 13.7. The quantitative estimate of drug-likeness (QED) is 0.512. The van der Waals surface area contributed by atoms with Crippen molar-refractivity contribution in [2.45, 2.75) is 13.5 Å². The van der Waals surface area contributed by atoms with E-state index >= 15 is 0 Å². The van der Waals surface area contributed by atoms with E-state index in [0.29, 0.717) is 30.0 Å². The van der Waals surface area contributed by atoms with Crippen molar-refractivity contribution in [3.8, 4) is 0 Å². The number of hydrogen-bond donors (Lipinski definition) is 0. The smallest absolute Gasteiger partial charge is 0.282 e. The Morgan fingerprint density at radius 1 is 0.903 bits per heavy atom. The molecule has 4 rings (SSSR count). The van der Waals surface area contributed by atoms with Gasteiger partial charge in [0.1, 0.15) is 5.70 Å². The van der Waals surface area contributed by atoms with E-state index in [1.165, 1.54) is 16.2 Å². The summed E-state index contributed by atoms with van der Waals surface area (Å²) in [5, 5.41) is 1.93. The highest BCUT2D eigenvalue weighted by Gasteiger charge is 2.42. The molecule has 0 bridgehead atoms. The Bertz CT molecular complexity index is 1120. The van der Waals surface area contributed by atoms with Crippen LogP contribution >= 0.6 is 11.3 Å². The zero-order chi connectivity index (χ0) is 22.0. The Balaban J connectivity index is 1.79. The predicted molar refractivity (Wildman–Crippen MR) is 127 cm³/mol. The van der Waals surface area contributed by atoms with E-state index in [4.69, 9.17) is 0 Å². The lowest BCUT2D eigenvalue weighted by Gasteiger charge is -2.25. The molecule has 0 saturated heterocycles. The van der Waals surface area contributed by atoms with E-state index in [-0.39, 0.29) is 11.8 Å². The average molecular weight is 432 g/mol. The number of likely N-dealkylation sites (N-methyl/N-ethyl adjacent to an activating group) is 1. The summed E-state index contributed by atoms with van der Waals surface area (Å²) in [4.78, 5) is 33.4. The summed E-state index contributed by atoms with van der Waals surface area (Å²) in [5.74, 6) is -0.549. The third-order valence-corrected chi connectivity index (χ3v) is 6.23. The molecule has 1 aromatic heterocycles. The molecule has 2 aromatic carbocycles. The van der Waals surface area contributed by atoms with Gasteiger partial charge in [0.25, 0.3) is 11.8 Å². The van der Waals surface area contributed by atoms with Gasteiger partial charge < -0.3 is 9.80 Å². The predicted octanol–water partition coefficient (Wildman–Crippen LogP) is 4.62. The van der Waals surface area contributed by atoms with Crippen LogP contribution in [0.4, 0.5) is 11.4 Å². The lowest BCUT2D eigenvalue weighted by atomic mass is 10.1. The van der Waals surface area contributed by atoms with E-state index in [9.17, 15) is 9.59 Å². The van der Waals surface area contributed by atoms with Crippen molar-refractivity contribution in [2.75, 3.05) is 30.4 Å². The highest BCUT2D eigenvalue weighted by atomic mass is 32.1. The fraction of sp³-hybridized carbons (Fsp3) is 0.200. The molecule has 0 fully saturated rings. The van der Waals surface area contributed by atoms with Gasteiger partial charge in [-0.3, -0.25) is 9.59 Å². The number of carbonyl (C=O) groups excluding carboxylic acids is 2. The summed E-state index contributed by atoms with van der Waals surface area (Å²) >= 11 is 1.48. The van der Waals surface area contributed by atoms with E-state index in [1.807, 2.05) is 103 Å². The molecule has 1 aliphatic rings. The average Bonchev–Trinajstić information content (AvgIpc) is 3.39. The number of rotatable bonds is 7. The van der Waals surface area contributed by atoms with Gasteiger partial charge in [-0.05, 0) is 42.1 Å². The van der Waals surface area contributed by atoms with Gasteiger partial charge >= 0.3 is 0 Å². The minimum absolute atomic E-state index is 0.273. The van der Waals surface area contributed by atoms with Crippen LogP contribution in [0.15, 0.2) is 77.8 Å². The van der Waals surface area contributed by atoms with E-state index < -0.39 is 0 Å². The summed E-state index contributed by atoms with van der Waals surface area (Å²) in [5.41, 5.74) is 3.56. The summed E-state index contributed by atoms with van der Waals surface area (Å²) in [6.07, 6.45) is 0. The molecule has 0 atom stereocenters. The molecular weight excluding hydrogens is 406 g/mol. The van der Waals surface area contributed by atoms with Crippen molar-refractivity contribution >= 4 is 40.1 Å². The summed E-state index contributed by atoms with van der Waals surface area (Å²) in [7, 11) is 3.87. The van der Waals surface area contributed by atoms with E-state index in [0.717, 1.165) is 16.1 Å². The van der Waals surface area contributed by atoms with Gasteiger partial charge in [0.2, 0.25) is 0 Å². The Hall–Kier alpha value is -3.38. The first-order valence-corrected chi connectivity index (χ1v) is 11.1. The fourth-order valence-electron chi connectivity index (χ4n) is 3.75. The number of thiophene rings is 1. The monoisotopic (exact) mass is 431 g/mol. The molecule has 2 amide bonds. The highest BCUT2D eigenvalue weighted by Crippen LogP contribution is 2.37. The lowest BCUT2D eigenvalue weighted by molar-refractivity contribution is -0.120. The molecule has 31 heavy (non-hydrogen) atoms. The van der Waals surface area contributed by atoms with Crippen molar-refractivity contribution in [2.24, 2.45) is 0 Å². The van der Waals surface area contributed by atoms with Crippen LogP contribution in [0, 0.1) is 0 Å². The number of imide groups is 1. The number of nitrogens with zero attached hydrogens (tertiary/aromatic N) is 3. The van der Waals surface area contributed by atoms with Gasteiger partial charge in [-0.2, -0.15) is 0 Å². The maximum absolute atomic E-state index is 13.7. The van der Waals surface area contributed by atoms with Gasteiger partial charge in [0.15, 0.2) is 0 Å². The second kappa shape index (κ2) is 8.78. The minimum atomic E-state index is -0.276. The molecule has 158 valence electrons. The van der Waals surface area contributed by atoms with Crippen LogP contribution in [0.1, 0.15) is 17.4 Å². The number of hydrogen-bond acceptors (Lipinski definition) is 5. The Kier molecular flexibility index (Phi) is 5.91. The number of benzene rings is 2. The molecule has 0 spiro atoms. The molecule has 2 heterocycles. The zero-order valence-electron chi connectivity index (χ0n) is 17.9. The third-order valence-electron chi connectivity index (χ3n) is 5.35. The first-order valence-electron chi connectivity index (χ1n) is 10.2. The van der Waals surface area contributed by atoms with Gasteiger partial charge in [0, 0.05) is 37.7 Å². The third kappa shape index (κ3) is 3.99. The summed E-state index contributed by atoms with van der Waals surface area (Å²) < 4.78 is 0. The molecule has 0 radical (unpaired) electrons. The zero-order valence-corrected chi connectivity index (χ0v) is 18.7. The molecule has 3 aromatic rings. The van der Waals surface area contributed by atoms with Gasteiger partial charge in [-0.25, -0.2) is 4.90 Å². The van der Waals surface area contributed by atoms with Crippen LogP contribution in [0.3, 0.4) is 0 Å². The fourth-order valence-corrected chi connectivity index (χ4v) is 4.51. The van der Waals surface area contributed by atoms with E-state index in [2.05, 4.69) is 0 Å². The van der Waals surface area contributed by atoms with Crippen LogP contribution in [0.25, 0.3) is 5.57 Å². The normalized spacial score (nSPS) is 13.8. The Labute approximate surface area is 186 Å². The van der Waals surface area contributed by atoms with Crippen molar-refractivity contribution in [3.05, 3.63) is 88.2 Å². The van der Waals surface area contributed by atoms with Crippen LogP contribution in [-0.4, -0.2) is 37.4 Å². The van der Waals surface area contributed by atoms with Gasteiger partial charge in [-0.1, -0.05) is 42.5 Å². The van der Waals surface area contributed by atoms with Crippen LogP contribution in [-0.2, 0) is 16.1 Å². The minimum Gasteiger partial charge on any atom is -0.378 e. The van der Waals surface area contributed by atoms with Crippen molar-refractivity contribution in [1.82, 2.24) is 4.90 Å². The standard InChI is InChI=1S/C25H25N3O2S/c1-4-27(17-18-10-6-5-7-11-18)23-22(21-14-9-15-31-21)24(29)28(25(23)30)20-13-8-12-19(16-20)26(2)3/h5-16H,4,17H2,1-3H3. The van der Waals surface area contributed by atoms with Crippen LogP contribution in [0.2, 0.25) is 0 Å². The molecular formula is C25H25N3O2S. The number of amides is 2. The van der Waals surface area contributed by atoms with Crippen LogP contribution < -0.4 is 9.80 Å². The molecule has 0 aliphatic carbocycles. The second-order valence-corrected chi connectivity index (χ2v) is 8.51. The SMILES string of the molecule is CCN(Cc1ccccc1)C1=C(c2cccs2)C(=O)N(c2cccc(N(C)C)c2)C1=O. The number of carbonyl (C=O) groups is 2. The first-order chi connectivity index (χ1) is 15.0. The van der Waals surface area contributed by atoms with E-state index in [1.54, 1.807) is 0 Å². The maximum Gasteiger partial charge on any atom is 0.282 e. The van der Waals surface area contributed by atoms with Crippen molar-refractivity contribution in [1.29, 1.82) is 0 Å². The molecule has 0 unspecified atom stereocenters. The Morgan fingerprint density at radius 2 is 1.68 bits per heavy atom. The topological polar surface area (TPSA) is 43.9 Å². The second-order valence-electron chi connectivity index (χ2n) is 7.56. The van der Waals surface area contributed by atoms with Gasteiger partial charge in [-0.15, -0.1) is 11.3 Å². The molecule has 1 aliphatic heterocycles. The molecule has 5 nitrogen and oxygen atoms in total. The molecule has 6 heteroatoms. The lowest BCUT2D eigenvalue weighted by Crippen LogP contribution is -2.35. The Morgan fingerprint density at radius 3 is 2.32 bits per heavy atom. The van der Waals surface area contributed by atoms with Crippen molar-refractivity contribution < 1.29 is 9.59 Å². The summed E-state index contributed by atoms with van der Waals surface area (Å²) in [6.45, 7) is 3.19. The van der Waals surface area contributed by atoms with Crippen molar-refractivity contribution in [3.63, 3.8) is 0 Å². The summed E-state index contributed by atoms with van der Waals surface area (Å²) in [6, 6.07) is 21.3. The highest BCUT2D eigenvalue weighted by molar-refractivity contribution is 7.11. The largest absolute Gasteiger partial charge is 0.378 e.